The van der Waals surface area contributed by atoms with Crippen molar-refractivity contribution in [2.24, 2.45) is 5.73 Å². The van der Waals surface area contributed by atoms with Gasteiger partial charge in [-0.3, -0.25) is 0 Å². The van der Waals surface area contributed by atoms with Gasteiger partial charge in [0.2, 0.25) is 5.88 Å². The third-order valence-corrected chi connectivity index (χ3v) is 4.27. The number of rotatable bonds is 2. The lowest BCUT2D eigenvalue weighted by atomic mass is 10.1. The van der Waals surface area contributed by atoms with Gasteiger partial charge < -0.3 is 15.4 Å². The van der Waals surface area contributed by atoms with E-state index in [0.29, 0.717) is 5.56 Å². The number of hydrogen-bond acceptors (Lipinski definition) is 3. The molecule has 3 nitrogen and oxygen atoms in total. The molecule has 0 amide bonds. The summed E-state index contributed by atoms with van der Waals surface area (Å²) in [6, 6.07) is 2.28. The molecule has 0 aromatic heterocycles. The summed E-state index contributed by atoms with van der Waals surface area (Å²) >= 11 is 17.7. The van der Waals surface area contributed by atoms with E-state index in [1.54, 1.807) is 13.8 Å². The van der Waals surface area contributed by atoms with Crippen molar-refractivity contribution in [2.45, 2.75) is 32.3 Å². The largest absolute Gasteiger partial charge is 0.445 e. The van der Waals surface area contributed by atoms with Crippen molar-refractivity contribution in [1.29, 1.82) is 0 Å². The van der Waals surface area contributed by atoms with Crippen molar-refractivity contribution < 1.29 is 17.9 Å². The Labute approximate surface area is 140 Å². The standard InChI is InChI=1S/C13H12Cl3F3N2O/c1-5(2)21-10(11(20)22-12(21)13(17,18)19)6-3-7(14)9(16)8(15)4-6/h3-5,12H,20H2,1-2H3. The molecule has 0 aliphatic carbocycles. The van der Waals surface area contributed by atoms with Crippen molar-refractivity contribution in [2.75, 3.05) is 0 Å². The monoisotopic (exact) mass is 374 g/mol. The van der Waals surface area contributed by atoms with Crippen molar-refractivity contribution in [3.63, 3.8) is 0 Å². The normalized spacial score (nSPS) is 19.1. The lowest BCUT2D eigenvalue weighted by molar-refractivity contribution is -0.239. The molecule has 0 spiro atoms. The molecule has 1 unspecified atom stereocenters. The molecule has 1 heterocycles. The van der Waals surface area contributed by atoms with Gasteiger partial charge in [-0.1, -0.05) is 34.8 Å². The first-order valence-corrected chi connectivity index (χ1v) is 7.33. The number of alkyl halides is 3. The van der Waals surface area contributed by atoms with Gasteiger partial charge in [0.1, 0.15) is 5.70 Å². The lowest BCUT2D eigenvalue weighted by Crippen LogP contribution is -2.45. The van der Waals surface area contributed by atoms with Gasteiger partial charge >= 0.3 is 6.18 Å². The molecule has 1 atom stereocenters. The minimum absolute atomic E-state index is 0.0813. The van der Waals surface area contributed by atoms with Crippen LogP contribution in [-0.4, -0.2) is 23.3 Å². The fraction of sp³-hybridized carbons (Fsp3) is 0.385. The number of hydrogen-bond donors (Lipinski definition) is 1. The van der Waals surface area contributed by atoms with E-state index in [0.717, 1.165) is 4.90 Å². The maximum atomic E-state index is 13.1. The molecule has 2 rings (SSSR count). The summed E-state index contributed by atoms with van der Waals surface area (Å²) in [6.07, 6.45) is -6.76. The molecule has 1 aromatic rings. The van der Waals surface area contributed by atoms with Crippen molar-refractivity contribution in [3.05, 3.63) is 38.6 Å². The van der Waals surface area contributed by atoms with Crippen LogP contribution in [0.1, 0.15) is 19.4 Å². The van der Waals surface area contributed by atoms with Crippen molar-refractivity contribution in [3.8, 4) is 0 Å². The molecule has 1 aliphatic rings. The van der Waals surface area contributed by atoms with Crippen LogP contribution in [0, 0.1) is 0 Å². The second-order valence-electron chi connectivity index (χ2n) is 4.98. The Morgan fingerprint density at radius 1 is 1.18 bits per heavy atom. The van der Waals surface area contributed by atoms with Crippen LogP contribution < -0.4 is 5.73 Å². The lowest BCUT2D eigenvalue weighted by Gasteiger charge is -2.32. The molecule has 0 radical (unpaired) electrons. The van der Waals surface area contributed by atoms with E-state index < -0.39 is 18.4 Å². The van der Waals surface area contributed by atoms with Crippen LogP contribution in [-0.2, 0) is 4.74 Å². The third kappa shape index (κ3) is 3.05. The molecule has 0 saturated carbocycles. The molecule has 1 aromatic carbocycles. The Morgan fingerprint density at radius 2 is 1.68 bits per heavy atom. The van der Waals surface area contributed by atoms with Crippen LogP contribution in [0.4, 0.5) is 13.2 Å². The second-order valence-corrected chi connectivity index (χ2v) is 6.17. The molecule has 2 N–H and O–H groups in total. The maximum absolute atomic E-state index is 13.1. The maximum Gasteiger partial charge on any atom is 0.445 e. The van der Waals surface area contributed by atoms with E-state index in [9.17, 15) is 13.2 Å². The first-order valence-electron chi connectivity index (χ1n) is 6.20. The first-order chi connectivity index (χ1) is 10.0. The van der Waals surface area contributed by atoms with Gasteiger partial charge in [0.15, 0.2) is 0 Å². The van der Waals surface area contributed by atoms with E-state index >= 15 is 0 Å². The summed E-state index contributed by atoms with van der Waals surface area (Å²) < 4.78 is 44.2. The summed E-state index contributed by atoms with van der Waals surface area (Å²) in [5.74, 6) is -0.342. The molecule has 0 saturated heterocycles. The molecule has 0 bridgehead atoms. The minimum atomic E-state index is -4.60. The van der Waals surface area contributed by atoms with Crippen LogP contribution in [0.15, 0.2) is 18.0 Å². The van der Waals surface area contributed by atoms with Gasteiger partial charge in [0, 0.05) is 11.6 Å². The predicted octanol–water partition coefficient (Wildman–Crippen LogP) is 4.86. The van der Waals surface area contributed by atoms with Crippen LogP contribution in [0.3, 0.4) is 0 Å². The number of nitrogens with zero attached hydrogens (tertiary/aromatic N) is 1. The van der Waals surface area contributed by atoms with Gasteiger partial charge in [-0.25, -0.2) is 0 Å². The van der Waals surface area contributed by atoms with Gasteiger partial charge in [0.05, 0.1) is 15.1 Å². The number of nitrogens with two attached hydrogens (primary N) is 1. The second kappa shape index (κ2) is 5.91. The molecule has 22 heavy (non-hydrogen) atoms. The fourth-order valence-electron chi connectivity index (χ4n) is 2.21. The number of ether oxygens (including phenoxy) is 1. The zero-order valence-corrected chi connectivity index (χ0v) is 13.8. The summed E-state index contributed by atoms with van der Waals surface area (Å²) in [4.78, 5) is 1.03. The predicted molar refractivity (Wildman–Crippen MR) is 80.5 cm³/mol. The highest BCUT2D eigenvalue weighted by Gasteiger charge is 2.52. The van der Waals surface area contributed by atoms with Crippen molar-refractivity contribution in [1.82, 2.24) is 4.90 Å². The minimum Gasteiger partial charge on any atom is -0.444 e. The molecular weight excluding hydrogens is 364 g/mol. The molecule has 122 valence electrons. The Bertz CT molecular complexity index is 608. The van der Waals surface area contributed by atoms with E-state index in [-0.39, 0.29) is 26.6 Å². The quantitative estimate of drug-likeness (QED) is 0.750. The molecule has 9 heteroatoms. The van der Waals surface area contributed by atoms with Crippen LogP contribution in [0.5, 0.6) is 0 Å². The Balaban J connectivity index is 2.55. The summed E-state index contributed by atoms with van der Waals surface area (Å²) in [5.41, 5.74) is 6.05. The highest BCUT2D eigenvalue weighted by Crippen LogP contribution is 2.42. The van der Waals surface area contributed by atoms with Crippen LogP contribution in [0.25, 0.3) is 5.70 Å². The summed E-state index contributed by atoms with van der Waals surface area (Å²) in [5, 5.41) is 0.348. The Kier molecular flexibility index (Phi) is 4.66. The number of halogens is 6. The smallest absolute Gasteiger partial charge is 0.444 e. The highest BCUT2D eigenvalue weighted by atomic mass is 35.5. The molecule has 0 fully saturated rings. The first kappa shape index (κ1) is 17.4. The molecular formula is C13H12Cl3F3N2O. The van der Waals surface area contributed by atoms with Crippen LogP contribution in [0.2, 0.25) is 15.1 Å². The number of benzene rings is 1. The zero-order valence-electron chi connectivity index (χ0n) is 11.5. The van der Waals surface area contributed by atoms with Gasteiger partial charge in [-0.05, 0) is 26.0 Å². The van der Waals surface area contributed by atoms with Gasteiger partial charge in [0.25, 0.3) is 6.23 Å². The molecule has 1 aliphatic heterocycles. The van der Waals surface area contributed by atoms with E-state index in [1.807, 2.05) is 0 Å². The van der Waals surface area contributed by atoms with E-state index in [1.165, 1.54) is 12.1 Å². The van der Waals surface area contributed by atoms with E-state index in [4.69, 9.17) is 45.3 Å². The average molecular weight is 376 g/mol. The van der Waals surface area contributed by atoms with E-state index in [2.05, 4.69) is 0 Å². The SMILES string of the molecule is CC(C)N1C(c2cc(Cl)c(Cl)c(Cl)c2)=C(N)OC1C(F)(F)F. The Morgan fingerprint density at radius 3 is 2.09 bits per heavy atom. The average Bonchev–Trinajstić information content (AvgIpc) is 2.73. The van der Waals surface area contributed by atoms with Crippen LogP contribution >= 0.6 is 34.8 Å². The van der Waals surface area contributed by atoms with Gasteiger partial charge in [-0.15, -0.1) is 0 Å². The zero-order chi connectivity index (χ0) is 16.8. The fourth-order valence-corrected chi connectivity index (χ4v) is 2.81. The van der Waals surface area contributed by atoms with Crippen molar-refractivity contribution >= 4 is 40.5 Å². The highest BCUT2D eigenvalue weighted by molar-refractivity contribution is 6.48. The summed E-state index contributed by atoms with van der Waals surface area (Å²) in [6.45, 7) is 3.19. The third-order valence-electron chi connectivity index (χ3n) is 3.08. The Hall–Kier alpha value is -0.980. The summed E-state index contributed by atoms with van der Waals surface area (Å²) in [7, 11) is 0. The van der Waals surface area contributed by atoms with Gasteiger partial charge in [-0.2, -0.15) is 13.2 Å². The topological polar surface area (TPSA) is 38.5 Å².